The molecule has 1 amide bonds. The molecule has 0 aromatic carbocycles. The first kappa shape index (κ1) is 13.4. The SMILES string of the molecule is CC12CC3CC(C1)CC(C(=O)NCC(Cl)C1CC1)(C3)C2. The third kappa shape index (κ3) is 2.19. The van der Waals surface area contributed by atoms with Gasteiger partial charge in [0, 0.05) is 6.54 Å². The zero-order valence-electron chi connectivity index (χ0n) is 12.5. The van der Waals surface area contributed by atoms with Crippen molar-refractivity contribution >= 4 is 17.5 Å². The molecule has 2 nitrogen and oxygen atoms in total. The van der Waals surface area contributed by atoms with E-state index in [0.717, 1.165) is 31.1 Å². The Labute approximate surface area is 127 Å². The first-order chi connectivity index (χ1) is 9.48. The van der Waals surface area contributed by atoms with Crippen LogP contribution >= 0.6 is 11.6 Å². The standard InChI is InChI=1S/C17H26ClNO/c1-16-5-11-4-12(6-16)8-17(7-11,10-16)15(20)19-9-14(18)13-2-3-13/h11-14H,2-10H2,1H3,(H,19,20). The molecule has 5 rings (SSSR count). The number of carbonyl (C=O) groups is 1. The fourth-order valence-corrected chi connectivity index (χ4v) is 6.32. The average molecular weight is 296 g/mol. The van der Waals surface area contributed by atoms with Gasteiger partial charge in [-0.3, -0.25) is 4.79 Å². The fourth-order valence-electron chi connectivity index (χ4n) is 5.99. The van der Waals surface area contributed by atoms with Crippen molar-refractivity contribution in [1.82, 2.24) is 5.32 Å². The van der Waals surface area contributed by atoms with E-state index in [9.17, 15) is 4.79 Å². The van der Waals surface area contributed by atoms with Gasteiger partial charge >= 0.3 is 0 Å². The highest BCUT2D eigenvalue weighted by molar-refractivity contribution is 6.21. The van der Waals surface area contributed by atoms with Crippen LogP contribution in [0.2, 0.25) is 0 Å². The van der Waals surface area contributed by atoms with E-state index in [4.69, 9.17) is 11.6 Å². The monoisotopic (exact) mass is 295 g/mol. The number of alkyl halides is 1. The fraction of sp³-hybridized carbons (Fsp3) is 0.941. The Morgan fingerprint density at radius 1 is 1.25 bits per heavy atom. The van der Waals surface area contributed by atoms with Crippen molar-refractivity contribution in [2.24, 2.45) is 28.6 Å². The topological polar surface area (TPSA) is 29.1 Å². The molecule has 0 radical (unpaired) electrons. The Morgan fingerprint density at radius 2 is 1.90 bits per heavy atom. The van der Waals surface area contributed by atoms with Crippen molar-refractivity contribution in [3.63, 3.8) is 0 Å². The van der Waals surface area contributed by atoms with Gasteiger partial charge in [-0.2, -0.15) is 0 Å². The Kier molecular flexibility index (Phi) is 2.94. The molecule has 0 aliphatic heterocycles. The maximum atomic E-state index is 12.8. The zero-order chi connectivity index (χ0) is 14.0. The van der Waals surface area contributed by atoms with E-state index in [1.807, 2.05) is 0 Å². The third-order valence-electron chi connectivity index (χ3n) is 6.43. The molecule has 3 unspecified atom stereocenters. The van der Waals surface area contributed by atoms with E-state index in [0.29, 0.717) is 23.8 Å². The Balaban J connectivity index is 1.45. The number of rotatable bonds is 4. The van der Waals surface area contributed by atoms with Gasteiger partial charge in [0.25, 0.3) is 0 Å². The van der Waals surface area contributed by atoms with Gasteiger partial charge in [0.2, 0.25) is 5.91 Å². The van der Waals surface area contributed by atoms with Crippen LogP contribution in [-0.4, -0.2) is 17.8 Å². The maximum absolute atomic E-state index is 12.8. The van der Waals surface area contributed by atoms with E-state index in [-0.39, 0.29) is 10.8 Å². The summed E-state index contributed by atoms with van der Waals surface area (Å²) in [5.41, 5.74) is 0.400. The van der Waals surface area contributed by atoms with Gasteiger partial charge < -0.3 is 5.32 Å². The molecule has 0 spiro atoms. The Hall–Kier alpha value is -0.240. The van der Waals surface area contributed by atoms with Crippen LogP contribution in [0.15, 0.2) is 0 Å². The second-order valence-corrected chi connectivity index (χ2v) is 9.18. The maximum Gasteiger partial charge on any atom is 0.226 e. The Morgan fingerprint density at radius 3 is 2.45 bits per heavy atom. The lowest BCUT2D eigenvalue weighted by molar-refractivity contribution is -0.155. The number of nitrogens with one attached hydrogen (secondary N) is 1. The lowest BCUT2D eigenvalue weighted by Crippen LogP contribution is -2.57. The van der Waals surface area contributed by atoms with Crippen molar-refractivity contribution in [2.75, 3.05) is 6.54 Å². The summed E-state index contributed by atoms with van der Waals surface area (Å²) < 4.78 is 0. The molecule has 3 heteroatoms. The molecule has 5 fully saturated rings. The molecule has 0 aromatic rings. The molecule has 5 aliphatic carbocycles. The lowest BCUT2D eigenvalue weighted by atomic mass is 9.44. The quantitative estimate of drug-likeness (QED) is 0.787. The van der Waals surface area contributed by atoms with E-state index in [1.165, 1.54) is 32.1 Å². The minimum Gasteiger partial charge on any atom is -0.354 e. The number of hydrogen-bond acceptors (Lipinski definition) is 1. The second kappa shape index (κ2) is 4.38. The molecule has 3 atom stereocenters. The number of carbonyl (C=O) groups excluding carboxylic acids is 1. The van der Waals surface area contributed by atoms with Crippen LogP contribution in [0.5, 0.6) is 0 Å². The van der Waals surface area contributed by atoms with Crippen molar-refractivity contribution in [3.8, 4) is 0 Å². The highest BCUT2D eigenvalue weighted by Crippen LogP contribution is 2.65. The van der Waals surface area contributed by atoms with Crippen molar-refractivity contribution in [1.29, 1.82) is 0 Å². The van der Waals surface area contributed by atoms with Crippen LogP contribution in [0.25, 0.3) is 0 Å². The Bertz CT molecular complexity index is 417. The summed E-state index contributed by atoms with van der Waals surface area (Å²) in [5.74, 6) is 2.60. The van der Waals surface area contributed by atoms with Crippen molar-refractivity contribution in [2.45, 2.75) is 63.7 Å². The third-order valence-corrected chi connectivity index (χ3v) is 6.94. The smallest absolute Gasteiger partial charge is 0.226 e. The largest absolute Gasteiger partial charge is 0.354 e. The molecule has 5 saturated carbocycles. The minimum atomic E-state index is -0.0427. The van der Waals surface area contributed by atoms with Crippen molar-refractivity contribution < 1.29 is 4.79 Å². The van der Waals surface area contributed by atoms with Crippen LogP contribution in [0.1, 0.15) is 58.3 Å². The molecule has 0 aromatic heterocycles. The van der Waals surface area contributed by atoms with Gasteiger partial charge in [-0.1, -0.05) is 6.92 Å². The molecule has 1 N–H and O–H groups in total. The van der Waals surface area contributed by atoms with Gasteiger partial charge in [-0.05, 0) is 74.5 Å². The van der Waals surface area contributed by atoms with Crippen LogP contribution in [0.4, 0.5) is 0 Å². The van der Waals surface area contributed by atoms with Gasteiger partial charge in [-0.25, -0.2) is 0 Å². The number of halogens is 1. The normalized spacial score (nSPS) is 47.3. The summed E-state index contributed by atoms with van der Waals surface area (Å²) in [7, 11) is 0. The summed E-state index contributed by atoms with van der Waals surface area (Å²) >= 11 is 6.34. The van der Waals surface area contributed by atoms with E-state index in [2.05, 4.69) is 12.2 Å². The minimum absolute atomic E-state index is 0.0427. The van der Waals surface area contributed by atoms with Crippen LogP contribution in [-0.2, 0) is 4.79 Å². The molecular formula is C17H26ClNO. The summed E-state index contributed by atoms with van der Waals surface area (Å²) in [4.78, 5) is 12.8. The van der Waals surface area contributed by atoms with Crippen LogP contribution in [0, 0.1) is 28.6 Å². The van der Waals surface area contributed by atoms with E-state index in [1.54, 1.807) is 0 Å². The van der Waals surface area contributed by atoms with E-state index >= 15 is 0 Å². The van der Waals surface area contributed by atoms with E-state index < -0.39 is 0 Å². The summed E-state index contributed by atoms with van der Waals surface area (Å²) in [6.45, 7) is 3.10. The van der Waals surface area contributed by atoms with Gasteiger partial charge in [-0.15, -0.1) is 11.6 Å². The summed E-state index contributed by atoms with van der Waals surface area (Å²) in [6.07, 6.45) is 9.99. The summed E-state index contributed by atoms with van der Waals surface area (Å²) in [5, 5.41) is 3.36. The van der Waals surface area contributed by atoms with Crippen LogP contribution in [0.3, 0.4) is 0 Å². The lowest BCUT2D eigenvalue weighted by Gasteiger charge is -2.60. The van der Waals surface area contributed by atoms with Crippen molar-refractivity contribution in [3.05, 3.63) is 0 Å². The second-order valence-electron chi connectivity index (χ2n) is 8.62. The molecule has 4 bridgehead atoms. The molecule has 112 valence electrons. The average Bonchev–Trinajstić information content (AvgIpc) is 3.16. The first-order valence-electron chi connectivity index (χ1n) is 8.40. The number of amides is 1. The van der Waals surface area contributed by atoms with Crippen LogP contribution < -0.4 is 5.32 Å². The predicted molar refractivity (Wildman–Crippen MR) is 80.6 cm³/mol. The van der Waals surface area contributed by atoms with Gasteiger partial charge in [0.1, 0.15) is 0 Å². The summed E-state index contributed by atoms with van der Waals surface area (Å²) in [6, 6.07) is 0. The first-order valence-corrected chi connectivity index (χ1v) is 8.84. The molecule has 5 aliphatic rings. The highest BCUT2D eigenvalue weighted by atomic mass is 35.5. The molecule has 0 heterocycles. The number of hydrogen-bond donors (Lipinski definition) is 1. The molecule has 20 heavy (non-hydrogen) atoms. The zero-order valence-corrected chi connectivity index (χ0v) is 13.2. The predicted octanol–water partition coefficient (Wildman–Crippen LogP) is 3.73. The highest BCUT2D eigenvalue weighted by Gasteiger charge is 2.58. The van der Waals surface area contributed by atoms with Gasteiger partial charge in [0.05, 0.1) is 10.8 Å². The molecular weight excluding hydrogens is 270 g/mol. The molecule has 0 saturated heterocycles. The van der Waals surface area contributed by atoms with Gasteiger partial charge in [0.15, 0.2) is 0 Å².